The third-order valence-corrected chi connectivity index (χ3v) is 3.95. The molecule has 20 heavy (non-hydrogen) atoms. The number of primary amides is 1. The highest BCUT2D eigenvalue weighted by molar-refractivity contribution is 6.62. The fraction of sp³-hybridized carbons (Fsp3) is 0.500. The van der Waals surface area contributed by atoms with Gasteiger partial charge in [0.05, 0.1) is 17.6 Å². The Morgan fingerprint density at radius 2 is 1.80 bits per heavy atom. The maximum Gasteiger partial charge on any atom is 0.497 e. The minimum Gasteiger partial charge on any atom is -0.399 e. The number of amides is 1. The van der Waals surface area contributed by atoms with Crippen LogP contribution < -0.4 is 11.2 Å². The first-order valence-electron chi connectivity index (χ1n) is 6.55. The molecule has 0 saturated carbocycles. The molecule has 2 N–H and O–H groups in total. The summed E-state index contributed by atoms with van der Waals surface area (Å²) in [5, 5.41) is 0. The van der Waals surface area contributed by atoms with Crippen LogP contribution in [0.4, 0.5) is 4.39 Å². The molecule has 108 valence electrons. The van der Waals surface area contributed by atoms with Crippen molar-refractivity contribution in [2.24, 2.45) is 5.73 Å². The minimum atomic E-state index is -0.748. The maximum absolute atomic E-state index is 14.1. The second-order valence-electron chi connectivity index (χ2n) is 6.09. The summed E-state index contributed by atoms with van der Waals surface area (Å²) in [7, 11) is -0.748. The van der Waals surface area contributed by atoms with E-state index in [0.29, 0.717) is 11.0 Å². The van der Waals surface area contributed by atoms with Crippen LogP contribution in [-0.4, -0.2) is 24.2 Å². The molecule has 0 radical (unpaired) electrons. The smallest absolute Gasteiger partial charge is 0.399 e. The molecule has 6 heteroatoms. The molecule has 0 spiro atoms. The van der Waals surface area contributed by atoms with Crippen LogP contribution in [0.25, 0.3) is 0 Å². The van der Waals surface area contributed by atoms with Gasteiger partial charge in [0.1, 0.15) is 5.82 Å². The Morgan fingerprint density at radius 1 is 1.25 bits per heavy atom. The maximum atomic E-state index is 14.1. The highest BCUT2D eigenvalue weighted by Crippen LogP contribution is 2.36. The fourth-order valence-corrected chi connectivity index (χ4v) is 2.04. The van der Waals surface area contributed by atoms with Crippen molar-refractivity contribution in [1.29, 1.82) is 0 Å². The molecule has 0 bridgehead atoms. The molecule has 0 atom stereocenters. The molecule has 0 aliphatic carbocycles. The Kier molecular flexibility index (Phi) is 3.65. The van der Waals surface area contributed by atoms with E-state index >= 15 is 0 Å². The largest absolute Gasteiger partial charge is 0.497 e. The van der Waals surface area contributed by atoms with Gasteiger partial charge >= 0.3 is 7.12 Å². The number of carbonyl (C=O) groups excluding carboxylic acids is 1. The van der Waals surface area contributed by atoms with Crippen LogP contribution in [0.3, 0.4) is 0 Å². The van der Waals surface area contributed by atoms with E-state index in [9.17, 15) is 9.18 Å². The molecule has 1 amide bonds. The zero-order valence-electron chi connectivity index (χ0n) is 12.2. The molecule has 1 aliphatic rings. The van der Waals surface area contributed by atoms with E-state index in [1.807, 2.05) is 27.7 Å². The number of benzene rings is 1. The molecule has 1 aromatic carbocycles. The van der Waals surface area contributed by atoms with Gasteiger partial charge in [0.15, 0.2) is 0 Å². The van der Waals surface area contributed by atoms with Gasteiger partial charge in [0.2, 0.25) is 5.91 Å². The minimum absolute atomic E-state index is 0.0145. The van der Waals surface area contributed by atoms with Gasteiger partial charge in [-0.3, -0.25) is 4.79 Å². The lowest BCUT2D eigenvalue weighted by atomic mass is 9.78. The van der Waals surface area contributed by atoms with Gasteiger partial charge in [-0.2, -0.15) is 0 Å². The van der Waals surface area contributed by atoms with Crippen molar-refractivity contribution in [3.63, 3.8) is 0 Å². The van der Waals surface area contributed by atoms with Crippen molar-refractivity contribution < 1.29 is 18.5 Å². The molecule has 4 nitrogen and oxygen atoms in total. The molecule has 0 unspecified atom stereocenters. The molecule has 1 fully saturated rings. The molecule has 0 aromatic heterocycles. The molecular weight excluding hydrogens is 260 g/mol. The van der Waals surface area contributed by atoms with Crippen molar-refractivity contribution in [2.75, 3.05) is 0 Å². The average molecular weight is 279 g/mol. The molecule has 2 rings (SSSR count). The molecule has 1 saturated heterocycles. The van der Waals surface area contributed by atoms with Crippen LogP contribution in [0.5, 0.6) is 0 Å². The van der Waals surface area contributed by atoms with Crippen molar-refractivity contribution in [2.45, 2.75) is 45.3 Å². The molecule has 1 aliphatic heterocycles. The van der Waals surface area contributed by atoms with Crippen molar-refractivity contribution in [3.8, 4) is 0 Å². The Labute approximate surface area is 118 Å². The number of hydrogen-bond acceptors (Lipinski definition) is 3. The topological polar surface area (TPSA) is 61.5 Å². The van der Waals surface area contributed by atoms with Crippen LogP contribution >= 0.6 is 0 Å². The van der Waals surface area contributed by atoms with E-state index in [-0.39, 0.29) is 6.42 Å². The SMILES string of the molecule is CC1(C)OB(c2ccc(CC(N)=O)cc2F)OC1(C)C. The Balaban J connectivity index is 2.25. The summed E-state index contributed by atoms with van der Waals surface area (Å²) in [6, 6.07) is 4.54. The zero-order chi connectivity index (χ0) is 15.1. The number of halogens is 1. The van der Waals surface area contributed by atoms with Gasteiger partial charge < -0.3 is 15.0 Å². The van der Waals surface area contributed by atoms with E-state index < -0.39 is 30.0 Å². The number of carbonyl (C=O) groups is 1. The Morgan fingerprint density at radius 3 is 2.25 bits per heavy atom. The third-order valence-electron chi connectivity index (χ3n) is 3.95. The summed E-state index contributed by atoms with van der Waals surface area (Å²) < 4.78 is 25.7. The first kappa shape index (κ1) is 15.0. The van der Waals surface area contributed by atoms with E-state index in [1.165, 1.54) is 6.07 Å². The highest BCUT2D eigenvalue weighted by Gasteiger charge is 2.52. The van der Waals surface area contributed by atoms with Gasteiger partial charge in [0.25, 0.3) is 0 Å². The van der Waals surface area contributed by atoms with Crippen LogP contribution in [0.1, 0.15) is 33.3 Å². The van der Waals surface area contributed by atoms with Gasteiger partial charge in [0, 0.05) is 5.46 Å². The first-order chi connectivity index (χ1) is 9.12. The normalized spacial score (nSPS) is 20.1. The van der Waals surface area contributed by atoms with E-state index in [1.54, 1.807) is 12.1 Å². The van der Waals surface area contributed by atoms with Crippen molar-refractivity contribution >= 4 is 18.5 Å². The quantitative estimate of drug-likeness (QED) is 0.844. The lowest BCUT2D eigenvalue weighted by Gasteiger charge is -2.32. The number of hydrogen-bond donors (Lipinski definition) is 1. The van der Waals surface area contributed by atoms with Gasteiger partial charge in [-0.1, -0.05) is 12.1 Å². The molecular formula is C14H19BFNO3. The summed E-state index contributed by atoms with van der Waals surface area (Å²) in [6.45, 7) is 7.64. The van der Waals surface area contributed by atoms with Crippen molar-refractivity contribution in [3.05, 3.63) is 29.6 Å². The predicted molar refractivity (Wildman–Crippen MR) is 75.0 cm³/mol. The van der Waals surface area contributed by atoms with Crippen LogP contribution in [0.2, 0.25) is 0 Å². The zero-order valence-corrected chi connectivity index (χ0v) is 12.2. The van der Waals surface area contributed by atoms with Gasteiger partial charge in [-0.05, 0) is 39.3 Å². The van der Waals surface area contributed by atoms with Gasteiger partial charge in [-0.25, -0.2) is 4.39 Å². The van der Waals surface area contributed by atoms with Crippen LogP contribution in [0, 0.1) is 5.82 Å². The van der Waals surface area contributed by atoms with Gasteiger partial charge in [-0.15, -0.1) is 0 Å². The average Bonchev–Trinajstić information content (AvgIpc) is 2.46. The summed E-state index contributed by atoms with van der Waals surface area (Å²) >= 11 is 0. The summed E-state index contributed by atoms with van der Waals surface area (Å²) in [6.07, 6.45) is 0.0145. The lowest BCUT2D eigenvalue weighted by molar-refractivity contribution is -0.117. The Hall–Kier alpha value is -1.40. The lowest BCUT2D eigenvalue weighted by Crippen LogP contribution is -2.41. The molecule has 1 heterocycles. The van der Waals surface area contributed by atoms with E-state index in [2.05, 4.69) is 0 Å². The third kappa shape index (κ3) is 2.71. The number of nitrogens with two attached hydrogens (primary N) is 1. The van der Waals surface area contributed by atoms with E-state index in [4.69, 9.17) is 15.0 Å². The predicted octanol–water partition coefficient (Wildman–Crippen LogP) is 1.15. The molecule has 1 aromatic rings. The van der Waals surface area contributed by atoms with Crippen LogP contribution in [0.15, 0.2) is 18.2 Å². The summed E-state index contributed by atoms with van der Waals surface area (Å²) in [5.74, 6) is -0.949. The second kappa shape index (κ2) is 4.86. The number of rotatable bonds is 3. The second-order valence-corrected chi connectivity index (χ2v) is 6.09. The standard InChI is InChI=1S/C14H19BFNO3/c1-13(2)14(3,4)20-15(19-13)10-6-5-9(7-11(10)16)8-12(17)18/h5-7H,8H2,1-4H3,(H2,17,18). The monoisotopic (exact) mass is 279 g/mol. The highest BCUT2D eigenvalue weighted by atomic mass is 19.1. The summed E-state index contributed by atoms with van der Waals surface area (Å²) in [4.78, 5) is 10.8. The fourth-order valence-electron chi connectivity index (χ4n) is 2.04. The van der Waals surface area contributed by atoms with Crippen LogP contribution in [-0.2, 0) is 20.5 Å². The van der Waals surface area contributed by atoms with E-state index in [0.717, 1.165) is 0 Å². The van der Waals surface area contributed by atoms with Crippen molar-refractivity contribution in [1.82, 2.24) is 0 Å². The Bertz CT molecular complexity index is 529. The summed E-state index contributed by atoms with van der Waals surface area (Å²) in [5.41, 5.74) is 4.93. The first-order valence-corrected chi connectivity index (χ1v) is 6.55.